The van der Waals surface area contributed by atoms with Gasteiger partial charge in [-0.2, -0.15) is 0 Å². The van der Waals surface area contributed by atoms with Crippen LogP contribution in [0.25, 0.3) is 5.65 Å². The van der Waals surface area contributed by atoms with E-state index >= 15 is 0 Å². The van der Waals surface area contributed by atoms with Gasteiger partial charge in [0.25, 0.3) is 0 Å². The molecule has 19 heavy (non-hydrogen) atoms. The van der Waals surface area contributed by atoms with Crippen LogP contribution < -0.4 is 5.73 Å². The van der Waals surface area contributed by atoms with Gasteiger partial charge in [-0.05, 0) is 24.3 Å². The minimum Gasteiger partial charge on any atom is -0.368 e. The highest BCUT2D eigenvalue weighted by atomic mass is 32.2. The highest BCUT2D eigenvalue weighted by Gasteiger charge is 2.18. The number of hydrogen-bond donors (Lipinski definition) is 1. The molecule has 0 unspecified atom stereocenters. The quantitative estimate of drug-likeness (QED) is 0.757. The lowest BCUT2D eigenvalue weighted by molar-refractivity contribution is 0.595. The molecule has 0 atom stereocenters. The lowest BCUT2D eigenvalue weighted by atomic mass is 10.4. The van der Waals surface area contributed by atoms with E-state index in [1.54, 1.807) is 36.4 Å². The first-order valence-electron chi connectivity index (χ1n) is 5.49. The Labute approximate surface area is 109 Å². The smallest absolute Gasteiger partial charge is 0.226 e. The normalized spacial score (nSPS) is 11.8. The zero-order valence-electron chi connectivity index (χ0n) is 9.76. The number of pyridine rings is 1. The highest BCUT2D eigenvalue weighted by molar-refractivity contribution is 7.91. The van der Waals surface area contributed by atoms with Crippen molar-refractivity contribution in [2.45, 2.75) is 9.79 Å². The van der Waals surface area contributed by atoms with Gasteiger partial charge in [-0.25, -0.2) is 8.42 Å². The van der Waals surface area contributed by atoms with E-state index in [-0.39, 0.29) is 15.7 Å². The van der Waals surface area contributed by atoms with Crippen LogP contribution in [0.1, 0.15) is 0 Å². The predicted octanol–water partition coefficient (Wildman–Crippen LogP) is 1.14. The highest BCUT2D eigenvalue weighted by Crippen LogP contribution is 2.21. The molecular formula is C12H10N4O2S. The third-order valence-corrected chi connectivity index (χ3v) is 4.52. The van der Waals surface area contributed by atoms with Crippen molar-refractivity contribution < 1.29 is 8.42 Å². The molecule has 0 radical (unpaired) electrons. The van der Waals surface area contributed by atoms with Gasteiger partial charge in [-0.3, -0.25) is 4.40 Å². The average Bonchev–Trinajstić information content (AvgIpc) is 2.81. The number of nitrogen functional groups attached to an aromatic ring is 1. The Bertz CT molecular complexity index is 841. The van der Waals surface area contributed by atoms with E-state index in [1.807, 2.05) is 0 Å². The Morgan fingerprint density at radius 3 is 2.42 bits per heavy atom. The molecular weight excluding hydrogens is 264 g/mol. The van der Waals surface area contributed by atoms with E-state index in [1.165, 1.54) is 16.7 Å². The molecule has 0 fully saturated rings. The van der Waals surface area contributed by atoms with Gasteiger partial charge in [0.05, 0.1) is 9.79 Å². The molecule has 1 aromatic carbocycles. The molecule has 3 aromatic rings. The Morgan fingerprint density at radius 2 is 1.68 bits per heavy atom. The number of aromatic nitrogens is 3. The average molecular weight is 274 g/mol. The molecule has 0 spiro atoms. The molecule has 2 heterocycles. The molecule has 0 aliphatic heterocycles. The monoisotopic (exact) mass is 274 g/mol. The summed E-state index contributed by atoms with van der Waals surface area (Å²) in [5.41, 5.74) is 6.13. The lowest BCUT2D eigenvalue weighted by Crippen LogP contribution is -2.04. The molecule has 7 heteroatoms. The molecule has 0 amide bonds. The summed E-state index contributed by atoms with van der Waals surface area (Å²) in [5.74, 6) is 0.153. The van der Waals surface area contributed by atoms with Crippen molar-refractivity contribution in [3.8, 4) is 0 Å². The Balaban J connectivity index is 2.21. The SMILES string of the molecule is Nc1nnc2ccc(S(=O)(=O)c3ccccc3)cn12. The fourth-order valence-electron chi connectivity index (χ4n) is 1.78. The number of benzene rings is 1. The van der Waals surface area contributed by atoms with Gasteiger partial charge in [0.15, 0.2) is 5.65 Å². The molecule has 96 valence electrons. The Kier molecular flexibility index (Phi) is 2.49. The van der Waals surface area contributed by atoms with Crippen molar-refractivity contribution in [2.24, 2.45) is 0 Å². The third-order valence-electron chi connectivity index (χ3n) is 2.77. The number of hydrogen-bond acceptors (Lipinski definition) is 5. The van der Waals surface area contributed by atoms with Gasteiger partial charge in [-0.15, -0.1) is 10.2 Å². The second-order valence-corrected chi connectivity index (χ2v) is 5.92. The fraction of sp³-hybridized carbons (Fsp3) is 0. The lowest BCUT2D eigenvalue weighted by Gasteiger charge is -2.05. The minimum absolute atomic E-state index is 0.151. The van der Waals surface area contributed by atoms with Gasteiger partial charge in [0, 0.05) is 6.20 Å². The second kappa shape index (κ2) is 4.06. The van der Waals surface area contributed by atoms with Crippen LogP contribution in [0.15, 0.2) is 58.5 Å². The van der Waals surface area contributed by atoms with Crippen molar-refractivity contribution in [1.82, 2.24) is 14.6 Å². The van der Waals surface area contributed by atoms with Crippen LogP contribution in [0.3, 0.4) is 0 Å². The summed E-state index contributed by atoms with van der Waals surface area (Å²) >= 11 is 0. The van der Waals surface area contributed by atoms with Crippen LogP contribution in [-0.2, 0) is 9.84 Å². The maximum atomic E-state index is 12.4. The molecule has 0 aliphatic rings. The summed E-state index contributed by atoms with van der Waals surface area (Å²) in [7, 11) is -3.56. The second-order valence-electron chi connectivity index (χ2n) is 3.97. The summed E-state index contributed by atoms with van der Waals surface area (Å²) < 4.78 is 26.3. The number of rotatable bonds is 2. The molecule has 0 saturated heterocycles. The number of fused-ring (bicyclic) bond motifs is 1. The molecule has 3 rings (SSSR count). The summed E-state index contributed by atoms with van der Waals surface area (Å²) in [6.45, 7) is 0. The number of nitrogens with two attached hydrogens (primary N) is 1. The van der Waals surface area contributed by atoms with E-state index in [0.29, 0.717) is 5.65 Å². The maximum Gasteiger partial charge on any atom is 0.226 e. The molecule has 0 saturated carbocycles. The van der Waals surface area contributed by atoms with Crippen LogP contribution in [0.5, 0.6) is 0 Å². The largest absolute Gasteiger partial charge is 0.368 e. The molecule has 0 aliphatic carbocycles. The van der Waals surface area contributed by atoms with Crippen molar-refractivity contribution in [3.63, 3.8) is 0 Å². The fourth-order valence-corrected chi connectivity index (χ4v) is 3.06. The van der Waals surface area contributed by atoms with Gasteiger partial charge in [-0.1, -0.05) is 18.2 Å². The van der Waals surface area contributed by atoms with E-state index in [4.69, 9.17) is 5.73 Å². The Morgan fingerprint density at radius 1 is 0.947 bits per heavy atom. The zero-order valence-corrected chi connectivity index (χ0v) is 10.6. The number of sulfone groups is 1. The first kappa shape index (κ1) is 11.7. The van der Waals surface area contributed by atoms with Crippen LogP contribution in [0.4, 0.5) is 5.95 Å². The predicted molar refractivity (Wildman–Crippen MR) is 69.3 cm³/mol. The van der Waals surface area contributed by atoms with Crippen molar-refractivity contribution in [1.29, 1.82) is 0 Å². The van der Waals surface area contributed by atoms with Crippen molar-refractivity contribution >= 4 is 21.4 Å². The van der Waals surface area contributed by atoms with Crippen LogP contribution in [0.2, 0.25) is 0 Å². The standard InChI is InChI=1S/C12H10N4O2S/c13-12-15-14-11-7-6-10(8-16(11)12)19(17,18)9-4-2-1-3-5-9/h1-8H,(H2,13,15). The van der Waals surface area contributed by atoms with Gasteiger partial charge < -0.3 is 5.73 Å². The first-order valence-corrected chi connectivity index (χ1v) is 6.98. The molecule has 0 bridgehead atoms. The molecule has 2 aromatic heterocycles. The number of anilines is 1. The zero-order chi connectivity index (χ0) is 13.5. The van der Waals surface area contributed by atoms with E-state index in [2.05, 4.69) is 10.2 Å². The van der Waals surface area contributed by atoms with Crippen LogP contribution in [0, 0.1) is 0 Å². The van der Waals surface area contributed by atoms with Gasteiger partial charge in [0.1, 0.15) is 0 Å². The Hall–Kier alpha value is -2.41. The van der Waals surface area contributed by atoms with Gasteiger partial charge >= 0.3 is 0 Å². The van der Waals surface area contributed by atoms with Crippen LogP contribution in [-0.4, -0.2) is 23.0 Å². The summed E-state index contributed by atoms with van der Waals surface area (Å²) in [4.78, 5) is 0.388. The molecule has 6 nitrogen and oxygen atoms in total. The van der Waals surface area contributed by atoms with Crippen molar-refractivity contribution in [2.75, 3.05) is 5.73 Å². The van der Waals surface area contributed by atoms with E-state index in [9.17, 15) is 8.42 Å². The summed E-state index contributed by atoms with van der Waals surface area (Å²) in [6.07, 6.45) is 1.42. The third kappa shape index (κ3) is 1.84. The first-order chi connectivity index (χ1) is 9.09. The maximum absolute atomic E-state index is 12.4. The van der Waals surface area contributed by atoms with E-state index < -0.39 is 9.84 Å². The number of nitrogens with zero attached hydrogens (tertiary/aromatic N) is 3. The van der Waals surface area contributed by atoms with Gasteiger partial charge in [0.2, 0.25) is 15.8 Å². The summed E-state index contributed by atoms with van der Waals surface area (Å²) in [5, 5.41) is 7.49. The van der Waals surface area contributed by atoms with E-state index in [0.717, 1.165) is 0 Å². The van der Waals surface area contributed by atoms with Crippen molar-refractivity contribution in [3.05, 3.63) is 48.7 Å². The molecule has 2 N–H and O–H groups in total. The summed E-state index contributed by atoms with van der Waals surface area (Å²) in [6, 6.07) is 11.3. The van der Waals surface area contributed by atoms with Crippen LogP contribution >= 0.6 is 0 Å². The topological polar surface area (TPSA) is 90.3 Å². The minimum atomic E-state index is -3.56.